The first-order valence-electron chi connectivity index (χ1n) is 7.71. The summed E-state index contributed by atoms with van der Waals surface area (Å²) < 4.78 is 24.8. The second kappa shape index (κ2) is 6.74. The van der Waals surface area contributed by atoms with Crippen molar-refractivity contribution in [2.75, 3.05) is 20.8 Å². The normalized spacial score (nSPS) is 16.4. The maximum absolute atomic E-state index is 14.7. The Balaban J connectivity index is 2.27. The number of nitrogens with zero attached hydrogens (tertiary/aromatic N) is 2. The summed E-state index contributed by atoms with van der Waals surface area (Å²) in [5.41, 5.74) is 1.85. The Morgan fingerprint density at radius 3 is 2.84 bits per heavy atom. The Hall–Kier alpha value is -1.96. The van der Waals surface area contributed by atoms with Crippen LogP contribution in [-0.4, -0.2) is 41.7 Å². The summed E-state index contributed by atoms with van der Waals surface area (Å²) in [4.78, 5) is 18.2. The number of amides is 1. The number of methoxy groups -OCH3 is 2. The molecular formula is C17H18ClFN2O4. The van der Waals surface area contributed by atoms with Gasteiger partial charge in [-0.3, -0.25) is 4.79 Å². The molecule has 1 aliphatic rings. The Bertz CT molecular complexity index is 859. The number of ether oxygens (including phenoxy) is 2. The molecule has 0 bridgehead atoms. The van der Waals surface area contributed by atoms with Gasteiger partial charge in [-0.2, -0.15) is 0 Å². The lowest BCUT2D eigenvalue weighted by Gasteiger charge is -2.22. The van der Waals surface area contributed by atoms with Gasteiger partial charge in [0.05, 0.1) is 25.5 Å². The van der Waals surface area contributed by atoms with E-state index in [2.05, 4.69) is 4.98 Å². The summed E-state index contributed by atoms with van der Waals surface area (Å²) in [5, 5.41) is 10.0. The number of fused-ring (bicyclic) bond motifs is 3. The van der Waals surface area contributed by atoms with Gasteiger partial charge in [0.1, 0.15) is 22.9 Å². The predicted octanol–water partition coefficient (Wildman–Crippen LogP) is 2.58. The topological polar surface area (TPSA) is 71.9 Å². The van der Waals surface area contributed by atoms with Gasteiger partial charge in [0, 0.05) is 24.6 Å². The van der Waals surface area contributed by atoms with Crippen molar-refractivity contribution in [3.05, 3.63) is 33.7 Å². The van der Waals surface area contributed by atoms with Crippen LogP contribution < -0.4 is 4.74 Å². The van der Waals surface area contributed by atoms with E-state index in [1.54, 1.807) is 11.0 Å². The van der Waals surface area contributed by atoms with E-state index >= 15 is 0 Å². The minimum absolute atomic E-state index is 0.0539. The molecule has 0 aliphatic carbocycles. The fraction of sp³-hybridized carbons (Fsp3) is 0.412. The van der Waals surface area contributed by atoms with Gasteiger partial charge in [0.15, 0.2) is 5.82 Å². The molecule has 2 aromatic rings. The van der Waals surface area contributed by atoms with Crippen molar-refractivity contribution in [1.82, 2.24) is 9.88 Å². The van der Waals surface area contributed by atoms with Crippen molar-refractivity contribution in [1.29, 1.82) is 0 Å². The molecular weight excluding hydrogens is 351 g/mol. The highest BCUT2D eigenvalue weighted by atomic mass is 35.5. The van der Waals surface area contributed by atoms with Crippen molar-refractivity contribution >= 4 is 28.4 Å². The second-order valence-corrected chi connectivity index (χ2v) is 6.22. The summed E-state index contributed by atoms with van der Waals surface area (Å²) >= 11 is 5.99. The minimum Gasteiger partial charge on any atom is -0.495 e. The van der Waals surface area contributed by atoms with E-state index in [9.17, 15) is 14.3 Å². The molecule has 0 unspecified atom stereocenters. The monoisotopic (exact) mass is 368 g/mol. The zero-order valence-corrected chi connectivity index (χ0v) is 14.9. The van der Waals surface area contributed by atoms with Crippen molar-refractivity contribution in [3.63, 3.8) is 0 Å². The van der Waals surface area contributed by atoms with Crippen molar-refractivity contribution in [2.24, 2.45) is 0 Å². The number of aliphatic hydroxyl groups is 1. The molecule has 1 N–H and O–H groups in total. The van der Waals surface area contributed by atoms with Gasteiger partial charge in [0.2, 0.25) is 5.91 Å². The molecule has 1 amide bonds. The van der Waals surface area contributed by atoms with Crippen LogP contribution in [0.15, 0.2) is 6.07 Å². The quantitative estimate of drug-likeness (QED) is 0.898. The SMILES string of the molecule is COCC(=O)N1Cc2c(CO)nc3c(F)c(Cl)c(OC)cc3c2[C@@H]1C. The largest absolute Gasteiger partial charge is 0.495 e. The van der Waals surface area contributed by atoms with Crippen LogP contribution >= 0.6 is 11.6 Å². The molecule has 1 atom stereocenters. The predicted molar refractivity (Wildman–Crippen MR) is 90.0 cm³/mol. The number of benzene rings is 1. The number of hydrogen-bond acceptors (Lipinski definition) is 5. The van der Waals surface area contributed by atoms with Crippen LogP contribution in [0.4, 0.5) is 4.39 Å². The van der Waals surface area contributed by atoms with Gasteiger partial charge in [-0.05, 0) is 18.6 Å². The number of carbonyl (C=O) groups excluding carboxylic acids is 1. The number of aliphatic hydroxyl groups excluding tert-OH is 1. The maximum atomic E-state index is 14.7. The molecule has 0 fully saturated rings. The molecule has 8 heteroatoms. The molecule has 3 rings (SSSR count). The summed E-state index contributed by atoms with van der Waals surface area (Å²) in [6.45, 7) is 1.71. The van der Waals surface area contributed by atoms with Crippen LogP contribution in [0.3, 0.4) is 0 Å². The highest BCUT2D eigenvalue weighted by Crippen LogP contribution is 2.43. The first kappa shape index (κ1) is 17.8. The molecule has 1 aromatic heterocycles. The van der Waals surface area contributed by atoms with Crippen LogP contribution in [0.25, 0.3) is 10.9 Å². The lowest BCUT2D eigenvalue weighted by atomic mass is 9.98. The van der Waals surface area contributed by atoms with Gasteiger partial charge in [-0.15, -0.1) is 0 Å². The van der Waals surface area contributed by atoms with Crippen LogP contribution in [0, 0.1) is 5.82 Å². The van der Waals surface area contributed by atoms with Gasteiger partial charge < -0.3 is 19.5 Å². The molecule has 0 spiro atoms. The number of pyridine rings is 1. The molecule has 0 saturated carbocycles. The average molecular weight is 369 g/mol. The molecule has 0 saturated heterocycles. The van der Waals surface area contributed by atoms with E-state index in [1.165, 1.54) is 14.2 Å². The van der Waals surface area contributed by atoms with Crippen molar-refractivity contribution in [3.8, 4) is 5.75 Å². The number of hydrogen-bond donors (Lipinski definition) is 1. The number of carbonyl (C=O) groups is 1. The van der Waals surface area contributed by atoms with E-state index in [0.717, 1.165) is 11.1 Å². The zero-order chi connectivity index (χ0) is 18.3. The molecule has 134 valence electrons. The van der Waals surface area contributed by atoms with Gasteiger partial charge in [0.25, 0.3) is 0 Å². The number of halogens is 2. The third kappa shape index (κ3) is 2.72. The van der Waals surface area contributed by atoms with E-state index in [1.807, 2.05) is 6.92 Å². The zero-order valence-electron chi connectivity index (χ0n) is 14.1. The summed E-state index contributed by atoms with van der Waals surface area (Å²) in [5.74, 6) is -0.701. The van der Waals surface area contributed by atoms with E-state index in [-0.39, 0.29) is 48.0 Å². The van der Waals surface area contributed by atoms with Crippen LogP contribution in [0.5, 0.6) is 5.75 Å². The van der Waals surface area contributed by atoms with Gasteiger partial charge in [-0.1, -0.05) is 11.6 Å². The summed E-state index contributed by atoms with van der Waals surface area (Å²) in [7, 11) is 2.85. The molecule has 6 nitrogen and oxygen atoms in total. The van der Waals surface area contributed by atoms with Gasteiger partial charge in [-0.25, -0.2) is 9.37 Å². The first-order valence-corrected chi connectivity index (χ1v) is 8.08. The maximum Gasteiger partial charge on any atom is 0.249 e. The summed E-state index contributed by atoms with van der Waals surface area (Å²) in [6.07, 6.45) is 0. The first-order chi connectivity index (χ1) is 11.9. The lowest BCUT2D eigenvalue weighted by Crippen LogP contribution is -2.31. The number of aromatic nitrogens is 1. The van der Waals surface area contributed by atoms with Crippen LogP contribution in [0.1, 0.15) is 29.8 Å². The second-order valence-electron chi connectivity index (χ2n) is 5.84. The number of rotatable bonds is 4. The van der Waals surface area contributed by atoms with Crippen molar-refractivity contribution in [2.45, 2.75) is 26.1 Å². The molecule has 1 aliphatic heterocycles. The Kier molecular flexibility index (Phi) is 4.81. The van der Waals surface area contributed by atoms with Crippen molar-refractivity contribution < 1.29 is 23.8 Å². The van der Waals surface area contributed by atoms with E-state index in [4.69, 9.17) is 21.1 Å². The highest BCUT2D eigenvalue weighted by Gasteiger charge is 2.35. The Morgan fingerprint density at radius 1 is 1.52 bits per heavy atom. The smallest absolute Gasteiger partial charge is 0.249 e. The Morgan fingerprint density at radius 2 is 2.24 bits per heavy atom. The molecule has 1 aromatic carbocycles. The van der Waals surface area contributed by atoms with Crippen LogP contribution in [0.2, 0.25) is 5.02 Å². The third-order valence-corrected chi connectivity index (χ3v) is 4.88. The average Bonchev–Trinajstić information content (AvgIpc) is 2.95. The van der Waals surface area contributed by atoms with Gasteiger partial charge >= 0.3 is 0 Å². The minimum atomic E-state index is -0.706. The lowest BCUT2D eigenvalue weighted by molar-refractivity contribution is -0.137. The van der Waals surface area contributed by atoms with Crippen LogP contribution in [-0.2, 0) is 22.7 Å². The molecule has 0 radical (unpaired) electrons. The fourth-order valence-corrected chi connectivity index (χ4v) is 3.56. The van der Waals surface area contributed by atoms with E-state index < -0.39 is 5.82 Å². The summed E-state index contributed by atoms with van der Waals surface area (Å²) in [6, 6.07) is 1.30. The third-order valence-electron chi connectivity index (χ3n) is 4.53. The molecule has 2 heterocycles. The molecule has 25 heavy (non-hydrogen) atoms. The Labute approximate surface area is 149 Å². The highest BCUT2D eigenvalue weighted by molar-refractivity contribution is 6.33. The van der Waals surface area contributed by atoms with E-state index in [0.29, 0.717) is 11.1 Å². The fourth-order valence-electron chi connectivity index (χ4n) is 3.33. The standard InChI is InChI=1S/C17H18ClFN2O4/c1-8-14-9-4-12(25-3)15(18)16(19)17(9)20-11(6-22)10(14)5-21(8)13(23)7-24-2/h4,8,22H,5-7H2,1-3H3/t8-/m0/s1.